The predicted octanol–water partition coefficient (Wildman–Crippen LogP) is 5.01. The lowest BCUT2D eigenvalue weighted by Crippen LogP contribution is -2.59. The molecule has 2 saturated carbocycles. The summed E-state index contributed by atoms with van der Waals surface area (Å²) in [6.07, 6.45) is 3.06. The molecule has 3 fully saturated rings. The van der Waals surface area contributed by atoms with Gasteiger partial charge in [0.2, 0.25) is 5.91 Å². The number of ether oxygens (including phenoxy) is 3. The molecule has 3 aliphatic rings. The molecule has 0 radical (unpaired) electrons. The van der Waals surface area contributed by atoms with Crippen molar-refractivity contribution in [2.24, 2.45) is 28.6 Å². The van der Waals surface area contributed by atoms with Crippen LogP contribution >= 0.6 is 11.6 Å². The minimum Gasteiger partial charge on any atom is -0.493 e. The molecule has 1 amide bonds. The van der Waals surface area contributed by atoms with Crippen molar-refractivity contribution in [2.75, 3.05) is 20.8 Å². The van der Waals surface area contributed by atoms with Crippen LogP contribution in [-0.2, 0) is 9.53 Å². The first-order valence-electron chi connectivity index (χ1n) is 11.0. The Morgan fingerprint density at radius 2 is 2.00 bits per heavy atom. The van der Waals surface area contributed by atoms with E-state index in [0.717, 1.165) is 24.8 Å². The fourth-order valence-electron chi connectivity index (χ4n) is 6.57. The van der Waals surface area contributed by atoms with Gasteiger partial charge in [0.25, 0.3) is 0 Å². The molecule has 6 heteroatoms. The van der Waals surface area contributed by atoms with Crippen molar-refractivity contribution >= 4 is 17.5 Å². The number of carbonyl (C=O) groups is 1. The van der Waals surface area contributed by atoms with Gasteiger partial charge in [0.1, 0.15) is 0 Å². The molecule has 30 heavy (non-hydrogen) atoms. The number of methoxy groups -OCH3 is 2. The van der Waals surface area contributed by atoms with Crippen LogP contribution in [0.5, 0.6) is 11.5 Å². The number of hydrogen-bond acceptors (Lipinski definition) is 4. The first-order chi connectivity index (χ1) is 14.2. The molecule has 5 nitrogen and oxygen atoms in total. The number of hydrogen-bond donors (Lipinski definition) is 1. The third-order valence-corrected chi connectivity index (χ3v) is 8.31. The zero-order valence-electron chi connectivity index (χ0n) is 18.9. The number of benzene rings is 1. The Morgan fingerprint density at radius 1 is 1.27 bits per heavy atom. The maximum atomic E-state index is 12.7. The number of carbonyl (C=O) groups excluding carboxylic acids is 1. The molecule has 2 bridgehead atoms. The summed E-state index contributed by atoms with van der Waals surface area (Å²) >= 11 is 6.43. The van der Waals surface area contributed by atoms with E-state index in [0.29, 0.717) is 35.0 Å². The van der Waals surface area contributed by atoms with Crippen LogP contribution in [0.4, 0.5) is 0 Å². The zero-order valence-corrected chi connectivity index (χ0v) is 19.6. The van der Waals surface area contributed by atoms with E-state index in [1.807, 2.05) is 19.9 Å². The molecule has 5 atom stereocenters. The molecule has 1 heterocycles. The standard InChI is InChI=1S/C24H34ClNO4/c1-13(2)21(27)26-22-23(3,4)14-9-17-19(30-8-7-24(17,22)12-14)16-10-15(25)11-18(28-5)20(16)29-6/h10-11,13-14,17,19,22H,7-9,12H2,1-6H3,(H,26,27)/t14-,17-,19-,22+,24-/m1/s1. The SMILES string of the molecule is COc1cc(Cl)cc([C@H]2OCC[C@@]34C[C@@H](C[C@H]23)C(C)(C)[C@@H]4NC(=O)C(C)C)c1OC. The molecule has 0 unspecified atom stereocenters. The fraction of sp³-hybridized carbons (Fsp3) is 0.708. The fourth-order valence-corrected chi connectivity index (χ4v) is 6.79. The summed E-state index contributed by atoms with van der Waals surface area (Å²) in [4.78, 5) is 12.7. The summed E-state index contributed by atoms with van der Waals surface area (Å²) in [7, 11) is 3.28. The van der Waals surface area contributed by atoms with Gasteiger partial charge in [-0.25, -0.2) is 0 Å². The summed E-state index contributed by atoms with van der Waals surface area (Å²) < 4.78 is 17.6. The third-order valence-electron chi connectivity index (χ3n) is 8.09. The van der Waals surface area contributed by atoms with Crippen LogP contribution < -0.4 is 14.8 Å². The average Bonchev–Trinajstić information content (AvgIpc) is 3.19. The van der Waals surface area contributed by atoms with Crippen molar-refractivity contribution < 1.29 is 19.0 Å². The maximum absolute atomic E-state index is 12.7. The van der Waals surface area contributed by atoms with Gasteiger partial charge in [0, 0.05) is 35.2 Å². The van der Waals surface area contributed by atoms with E-state index < -0.39 is 0 Å². The van der Waals surface area contributed by atoms with Crippen molar-refractivity contribution in [1.29, 1.82) is 0 Å². The predicted molar refractivity (Wildman–Crippen MR) is 117 cm³/mol. The highest BCUT2D eigenvalue weighted by atomic mass is 35.5. The Morgan fingerprint density at radius 3 is 2.63 bits per heavy atom. The molecular formula is C24H34ClNO4. The van der Waals surface area contributed by atoms with Gasteiger partial charge in [-0.05, 0) is 48.0 Å². The molecular weight excluding hydrogens is 402 g/mol. The number of halogens is 1. The molecule has 1 aliphatic heterocycles. The van der Waals surface area contributed by atoms with Gasteiger partial charge in [-0.3, -0.25) is 4.79 Å². The highest BCUT2D eigenvalue weighted by Crippen LogP contribution is 2.71. The molecule has 1 N–H and O–H groups in total. The smallest absolute Gasteiger partial charge is 0.222 e. The van der Waals surface area contributed by atoms with Gasteiger partial charge in [-0.1, -0.05) is 39.3 Å². The quantitative estimate of drug-likeness (QED) is 0.706. The summed E-state index contributed by atoms with van der Waals surface area (Å²) in [6.45, 7) is 9.22. The Hall–Kier alpha value is -1.46. The topological polar surface area (TPSA) is 56.8 Å². The lowest BCUT2D eigenvalue weighted by Gasteiger charge is -2.53. The molecule has 166 valence electrons. The van der Waals surface area contributed by atoms with Crippen LogP contribution in [0.3, 0.4) is 0 Å². The molecule has 1 aromatic carbocycles. The molecule has 1 aromatic rings. The van der Waals surface area contributed by atoms with Crippen molar-refractivity contribution in [3.05, 3.63) is 22.7 Å². The van der Waals surface area contributed by atoms with Gasteiger partial charge in [0.15, 0.2) is 11.5 Å². The Bertz CT molecular complexity index is 839. The monoisotopic (exact) mass is 435 g/mol. The van der Waals surface area contributed by atoms with E-state index in [1.54, 1.807) is 20.3 Å². The van der Waals surface area contributed by atoms with Gasteiger partial charge in [-0.15, -0.1) is 0 Å². The van der Waals surface area contributed by atoms with Crippen LogP contribution in [0, 0.1) is 28.6 Å². The second kappa shape index (κ2) is 7.59. The van der Waals surface area contributed by atoms with E-state index in [4.69, 9.17) is 25.8 Å². The third kappa shape index (κ3) is 3.12. The minimum atomic E-state index is -0.124. The van der Waals surface area contributed by atoms with Crippen LogP contribution in [0.1, 0.15) is 58.6 Å². The van der Waals surface area contributed by atoms with Gasteiger partial charge in [0.05, 0.1) is 20.3 Å². The van der Waals surface area contributed by atoms with Crippen molar-refractivity contribution in [2.45, 2.75) is 59.1 Å². The van der Waals surface area contributed by atoms with Crippen LogP contribution in [0.15, 0.2) is 12.1 Å². The summed E-state index contributed by atoms with van der Waals surface area (Å²) in [5.41, 5.74) is 1.05. The Balaban J connectivity index is 1.75. The van der Waals surface area contributed by atoms with Gasteiger partial charge >= 0.3 is 0 Å². The van der Waals surface area contributed by atoms with E-state index >= 15 is 0 Å². The van der Waals surface area contributed by atoms with Crippen LogP contribution in [0.2, 0.25) is 5.02 Å². The molecule has 2 aliphatic carbocycles. The highest BCUT2D eigenvalue weighted by molar-refractivity contribution is 6.30. The molecule has 4 rings (SSSR count). The summed E-state index contributed by atoms with van der Waals surface area (Å²) in [6, 6.07) is 3.87. The van der Waals surface area contributed by atoms with Gasteiger partial charge < -0.3 is 19.5 Å². The number of fused-ring (bicyclic) bond motifs is 1. The average molecular weight is 436 g/mol. The normalized spacial score (nSPS) is 34.0. The van der Waals surface area contributed by atoms with E-state index in [2.05, 4.69) is 19.2 Å². The number of rotatable bonds is 5. The van der Waals surface area contributed by atoms with Crippen molar-refractivity contribution in [3.63, 3.8) is 0 Å². The molecule has 0 aromatic heterocycles. The van der Waals surface area contributed by atoms with Gasteiger partial charge in [-0.2, -0.15) is 0 Å². The maximum Gasteiger partial charge on any atom is 0.222 e. The first-order valence-corrected chi connectivity index (χ1v) is 11.4. The Kier molecular flexibility index (Phi) is 5.51. The Labute approximate surface area is 184 Å². The first kappa shape index (κ1) is 21.8. The lowest BCUT2D eigenvalue weighted by molar-refractivity contribution is -0.139. The highest BCUT2D eigenvalue weighted by Gasteiger charge is 2.68. The van der Waals surface area contributed by atoms with Crippen LogP contribution in [-0.4, -0.2) is 32.8 Å². The number of nitrogens with one attached hydrogen (secondary N) is 1. The molecule has 1 saturated heterocycles. The summed E-state index contributed by atoms with van der Waals surface area (Å²) in [5.74, 6) is 2.28. The van der Waals surface area contributed by atoms with E-state index in [1.165, 1.54) is 0 Å². The van der Waals surface area contributed by atoms with Crippen molar-refractivity contribution in [3.8, 4) is 11.5 Å². The largest absolute Gasteiger partial charge is 0.493 e. The lowest BCUT2D eigenvalue weighted by atomic mass is 9.58. The zero-order chi connectivity index (χ0) is 21.8. The van der Waals surface area contributed by atoms with E-state index in [9.17, 15) is 4.79 Å². The minimum absolute atomic E-state index is 0.0253. The van der Waals surface area contributed by atoms with Crippen molar-refractivity contribution in [1.82, 2.24) is 5.32 Å². The van der Waals surface area contributed by atoms with E-state index in [-0.39, 0.29) is 34.8 Å². The molecule has 1 spiro atoms. The second-order valence-corrected chi connectivity index (χ2v) is 10.6. The second-order valence-electron chi connectivity index (χ2n) is 10.2. The summed E-state index contributed by atoms with van der Waals surface area (Å²) in [5, 5.41) is 4.06. The van der Waals surface area contributed by atoms with Crippen LogP contribution in [0.25, 0.3) is 0 Å². The number of amides is 1.